The van der Waals surface area contributed by atoms with Gasteiger partial charge in [0.1, 0.15) is 11.5 Å². The van der Waals surface area contributed by atoms with Gasteiger partial charge in [-0.1, -0.05) is 13.0 Å². The molecule has 27 heavy (non-hydrogen) atoms. The van der Waals surface area contributed by atoms with Crippen molar-refractivity contribution in [1.82, 2.24) is 19.9 Å². The smallest absolute Gasteiger partial charge is 0.185 e. The van der Waals surface area contributed by atoms with Crippen molar-refractivity contribution < 1.29 is 0 Å². The van der Waals surface area contributed by atoms with E-state index in [1.807, 2.05) is 18.2 Å². The number of hydrogen-bond donors (Lipinski definition) is 0. The topological polar surface area (TPSA) is 58.0 Å². The van der Waals surface area contributed by atoms with Crippen LogP contribution in [0.3, 0.4) is 0 Å². The molecule has 140 valence electrons. The monoisotopic (exact) mass is 380 g/mol. The number of aromatic nitrogens is 4. The minimum atomic E-state index is 0.707. The minimum Gasteiger partial charge on any atom is -0.353 e. The first-order valence-corrected chi connectivity index (χ1v) is 10.2. The standard InChI is InChI=1S/C20H24N6S/c1-4-16-13-18(24-19(23-16)17-7-5-6-8-21-17)25-9-11-26(12-10-25)20-22-14(2)15(3)27-20/h5-8,13H,4,9-12H2,1-3H3. The van der Waals surface area contributed by atoms with Crippen molar-refractivity contribution >= 4 is 22.3 Å². The van der Waals surface area contributed by atoms with E-state index in [1.165, 1.54) is 4.88 Å². The summed E-state index contributed by atoms with van der Waals surface area (Å²) in [6.07, 6.45) is 2.67. The van der Waals surface area contributed by atoms with Crippen LogP contribution >= 0.6 is 11.3 Å². The molecule has 0 aromatic carbocycles. The average molecular weight is 381 g/mol. The zero-order valence-corrected chi connectivity index (χ0v) is 16.8. The Balaban J connectivity index is 1.54. The Kier molecular flexibility index (Phi) is 5.03. The molecule has 6 nitrogen and oxygen atoms in total. The van der Waals surface area contributed by atoms with E-state index in [1.54, 1.807) is 17.5 Å². The Bertz CT molecular complexity index is 896. The number of pyridine rings is 1. The van der Waals surface area contributed by atoms with Crippen molar-refractivity contribution in [2.45, 2.75) is 27.2 Å². The number of hydrogen-bond acceptors (Lipinski definition) is 7. The van der Waals surface area contributed by atoms with Crippen molar-refractivity contribution in [2.75, 3.05) is 36.0 Å². The summed E-state index contributed by atoms with van der Waals surface area (Å²) in [4.78, 5) is 24.6. The lowest BCUT2D eigenvalue weighted by molar-refractivity contribution is 0.644. The average Bonchev–Trinajstić information content (AvgIpc) is 3.07. The van der Waals surface area contributed by atoms with Gasteiger partial charge in [0, 0.05) is 49.0 Å². The van der Waals surface area contributed by atoms with Crippen molar-refractivity contribution in [2.24, 2.45) is 0 Å². The fourth-order valence-electron chi connectivity index (χ4n) is 3.15. The van der Waals surface area contributed by atoms with Gasteiger partial charge in [0.15, 0.2) is 11.0 Å². The van der Waals surface area contributed by atoms with Gasteiger partial charge >= 0.3 is 0 Å². The molecule has 0 saturated carbocycles. The van der Waals surface area contributed by atoms with E-state index in [4.69, 9.17) is 9.97 Å². The molecule has 1 aliphatic rings. The summed E-state index contributed by atoms with van der Waals surface area (Å²) in [5, 5.41) is 1.13. The van der Waals surface area contributed by atoms with Crippen molar-refractivity contribution in [3.05, 3.63) is 46.7 Å². The molecule has 0 spiro atoms. The first-order valence-electron chi connectivity index (χ1n) is 9.37. The third-order valence-electron chi connectivity index (χ3n) is 4.91. The number of rotatable bonds is 4. The molecule has 7 heteroatoms. The first-order chi connectivity index (χ1) is 13.1. The van der Waals surface area contributed by atoms with Gasteiger partial charge < -0.3 is 9.80 Å². The lowest BCUT2D eigenvalue weighted by atomic mass is 10.2. The van der Waals surface area contributed by atoms with Crippen LogP contribution in [0.15, 0.2) is 30.5 Å². The van der Waals surface area contributed by atoms with Gasteiger partial charge in [-0.05, 0) is 32.4 Å². The minimum absolute atomic E-state index is 0.707. The van der Waals surface area contributed by atoms with Gasteiger partial charge in [-0.2, -0.15) is 0 Å². The predicted molar refractivity (Wildman–Crippen MR) is 111 cm³/mol. The molecule has 4 rings (SSSR count). The summed E-state index contributed by atoms with van der Waals surface area (Å²) in [6.45, 7) is 10.1. The van der Waals surface area contributed by atoms with E-state index in [0.29, 0.717) is 5.82 Å². The van der Waals surface area contributed by atoms with Gasteiger partial charge in [0.05, 0.1) is 5.69 Å². The maximum atomic E-state index is 4.81. The molecule has 1 saturated heterocycles. The molecule has 1 fully saturated rings. The summed E-state index contributed by atoms with van der Waals surface area (Å²) in [7, 11) is 0. The highest BCUT2D eigenvalue weighted by molar-refractivity contribution is 7.15. The molecule has 3 aromatic heterocycles. The van der Waals surface area contributed by atoms with Gasteiger partial charge in [0.25, 0.3) is 0 Å². The second-order valence-corrected chi connectivity index (χ2v) is 7.90. The molecule has 3 aromatic rings. The van der Waals surface area contributed by atoms with Crippen molar-refractivity contribution in [1.29, 1.82) is 0 Å². The largest absolute Gasteiger partial charge is 0.353 e. The van der Waals surface area contributed by atoms with Crippen molar-refractivity contribution in [3.63, 3.8) is 0 Å². The number of nitrogens with zero attached hydrogens (tertiary/aromatic N) is 6. The Morgan fingerprint density at radius 2 is 1.78 bits per heavy atom. The predicted octanol–water partition coefficient (Wildman–Crippen LogP) is 3.50. The van der Waals surface area contributed by atoms with E-state index in [0.717, 1.165) is 60.6 Å². The molecule has 0 aliphatic carbocycles. The normalized spacial score (nSPS) is 14.6. The van der Waals surface area contributed by atoms with Crippen LogP contribution < -0.4 is 9.80 Å². The van der Waals surface area contributed by atoms with Gasteiger partial charge in [-0.3, -0.25) is 4.98 Å². The molecule has 0 unspecified atom stereocenters. The summed E-state index contributed by atoms with van der Waals surface area (Å²) in [5.74, 6) is 1.70. The van der Waals surface area contributed by atoms with E-state index >= 15 is 0 Å². The molecule has 0 N–H and O–H groups in total. The second kappa shape index (κ2) is 7.60. The van der Waals surface area contributed by atoms with E-state index in [-0.39, 0.29) is 0 Å². The third kappa shape index (κ3) is 3.78. The van der Waals surface area contributed by atoms with Crippen LogP contribution in [-0.2, 0) is 6.42 Å². The maximum Gasteiger partial charge on any atom is 0.185 e. The first kappa shape index (κ1) is 17.9. The molecular formula is C20H24N6S. The zero-order valence-electron chi connectivity index (χ0n) is 16.0. The summed E-state index contributed by atoms with van der Waals surface area (Å²) in [6, 6.07) is 7.96. The number of piperazine rings is 1. The van der Waals surface area contributed by atoms with Crippen molar-refractivity contribution in [3.8, 4) is 11.5 Å². The molecule has 0 atom stereocenters. The maximum absolute atomic E-state index is 4.81. The Morgan fingerprint density at radius 1 is 1.00 bits per heavy atom. The molecule has 0 bridgehead atoms. The van der Waals surface area contributed by atoms with Crippen LogP contribution in [0.4, 0.5) is 10.9 Å². The summed E-state index contributed by atoms with van der Waals surface area (Å²) >= 11 is 1.79. The van der Waals surface area contributed by atoms with Gasteiger partial charge in [-0.15, -0.1) is 11.3 Å². The fourth-order valence-corrected chi connectivity index (χ4v) is 4.12. The Hall–Kier alpha value is -2.54. The SMILES string of the molecule is CCc1cc(N2CCN(c3nc(C)c(C)s3)CC2)nc(-c2ccccn2)n1. The molecule has 0 radical (unpaired) electrons. The summed E-state index contributed by atoms with van der Waals surface area (Å²) in [5.41, 5.74) is 3.01. The lowest BCUT2D eigenvalue weighted by Crippen LogP contribution is -2.47. The Morgan fingerprint density at radius 3 is 2.41 bits per heavy atom. The molecular weight excluding hydrogens is 356 g/mol. The van der Waals surface area contributed by atoms with Crippen LogP contribution in [0.1, 0.15) is 23.2 Å². The lowest BCUT2D eigenvalue weighted by Gasteiger charge is -2.35. The Labute approximate surface area is 163 Å². The fraction of sp³-hybridized carbons (Fsp3) is 0.400. The van der Waals surface area contributed by atoms with Gasteiger partial charge in [-0.25, -0.2) is 15.0 Å². The second-order valence-electron chi connectivity index (χ2n) is 6.72. The van der Waals surface area contributed by atoms with Crippen LogP contribution in [0, 0.1) is 13.8 Å². The highest BCUT2D eigenvalue weighted by Gasteiger charge is 2.22. The van der Waals surface area contributed by atoms with Crippen LogP contribution in [0.25, 0.3) is 11.5 Å². The number of anilines is 2. The summed E-state index contributed by atoms with van der Waals surface area (Å²) < 4.78 is 0. The zero-order chi connectivity index (χ0) is 18.8. The number of aryl methyl sites for hydroxylation is 3. The molecule has 0 amide bonds. The highest BCUT2D eigenvalue weighted by Crippen LogP contribution is 2.27. The van der Waals surface area contributed by atoms with Gasteiger partial charge in [0.2, 0.25) is 0 Å². The van der Waals surface area contributed by atoms with E-state index in [9.17, 15) is 0 Å². The highest BCUT2D eigenvalue weighted by atomic mass is 32.1. The molecule has 4 heterocycles. The van der Waals surface area contributed by atoms with Crippen LogP contribution in [0.5, 0.6) is 0 Å². The van der Waals surface area contributed by atoms with E-state index < -0.39 is 0 Å². The third-order valence-corrected chi connectivity index (χ3v) is 6.05. The number of thiazole rings is 1. The van der Waals surface area contributed by atoms with Crippen LogP contribution in [0.2, 0.25) is 0 Å². The van der Waals surface area contributed by atoms with Crippen LogP contribution in [-0.4, -0.2) is 46.1 Å². The quantitative estimate of drug-likeness (QED) is 0.690. The van der Waals surface area contributed by atoms with E-state index in [2.05, 4.69) is 46.6 Å². The molecule has 1 aliphatic heterocycles.